The molecule has 1 aliphatic heterocycles. The number of amides is 2. The number of nitrogens with one attached hydrogen (secondary N) is 1. The fraction of sp³-hybridized carbons (Fsp3) is 0.250. The molecule has 1 aliphatic rings. The number of hydrogen-bond acceptors (Lipinski definition) is 4. The Balaban J connectivity index is 1.50. The van der Waals surface area contributed by atoms with Crippen LogP contribution in [-0.2, 0) is 6.18 Å². The molecule has 3 aromatic rings. The van der Waals surface area contributed by atoms with E-state index in [1.807, 2.05) is 0 Å². The Morgan fingerprint density at radius 2 is 1.97 bits per heavy atom. The van der Waals surface area contributed by atoms with Crippen molar-refractivity contribution in [2.24, 2.45) is 0 Å². The second kappa shape index (κ2) is 7.98. The fourth-order valence-electron chi connectivity index (χ4n) is 3.32. The first-order valence-corrected chi connectivity index (χ1v) is 9.53. The van der Waals surface area contributed by atoms with E-state index in [1.54, 1.807) is 24.3 Å². The minimum atomic E-state index is -4.49. The molecule has 0 radical (unpaired) electrons. The van der Waals surface area contributed by atoms with Crippen LogP contribution in [0.5, 0.6) is 0 Å². The van der Waals surface area contributed by atoms with Crippen LogP contribution in [0.3, 0.4) is 0 Å². The van der Waals surface area contributed by atoms with E-state index >= 15 is 0 Å². The predicted octanol–water partition coefficient (Wildman–Crippen LogP) is 5.78. The van der Waals surface area contributed by atoms with Crippen LogP contribution >= 0.6 is 11.6 Å². The molecule has 1 unspecified atom stereocenters. The highest BCUT2D eigenvalue weighted by Gasteiger charge is 2.35. The van der Waals surface area contributed by atoms with Gasteiger partial charge in [-0.1, -0.05) is 22.8 Å². The van der Waals surface area contributed by atoms with Crippen molar-refractivity contribution >= 4 is 23.3 Å². The molecule has 10 heteroatoms. The molecule has 0 aliphatic carbocycles. The van der Waals surface area contributed by atoms with Crippen LogP contribution in [-0.4, -0.2) is 27.6 Å². The Hall–Kier alpha value is -3.07. The third-order valence-corrected chi connectivity index (χ3v) is 5.04. The lowest BCUT2D eigenvalue weighted by molar-refractivity contribution is -0.137. The van der Waals surface area contributed by atoms with Crippen molar-refractivity contribution in [3.8, 4) is 11.4 Å². The van der Waals surface area contributed by atoms with E-state index in [-0.39, 0.29) is 11.6 Å². The Kier molecular flexibility index (Phi) is 5.38. The van der Waals surface area contributed by atoms with Gasteiger partial charge < -0.3 is 14.7 Å². The summed E-state index contributed by atoms with van der Waals surface area (Å²) in [5, 5.41) is 7.07. The summed E-state index contributed by atoms with van der Waals surface area (Å²) in [4.78, 5) is 18.6. The highest BCUT2D eigenvalue weighted by Crippen LogP contribution is 2.34. The van der Waals surface area contributed by atoms with E-state index in [9.17, 15) is 18.0 Å². The highest BCUT2D eigenvalue weighted by atomic mass is 35.5. The van der Waals surface area contributed by atoms with Gasteiger partial charge in [0.1, 0.15) is 6.04 Å². The fourth-order valence-corrected chi connectivity index (χ4v) is 3.45. The zero-order valence-corrected chi connectivity index (χ0v) is 16.2. The summed E-state index contributed by atoms with van der Waals surface area (Å²) in [7, 11) is 0. The van der Waals surface area contributed by atoms with Crippen molar-refractivity contribution in [2.45, 2.75) is 25.1 Å². The zero-order chi connectivity index (χ0) is 21.3. The molecule has 0 bridgehead atoms. The number of hydrogen-bond donors (Lipinski definition) is 1. The molecule has 1 N–H and O–H groups in total. The average Bonchev–Trinajstić information content (AvgIpc) is 3.37. The summed E-state index contributed by atoms with van der Waals surface area (Å²) in [6, 6.07) is 10.4. The van der Waals surface area contributed by atoms with E-state index in [4.69, 9.17) is 16.1 Å². The standard InChI is InChI=1S/C20H16ClF3N4O2/c21-14-8-6-12(7-9-14)17-26-18(30-27-17)16-5-2-10-28(16)19(29)25-15-4-1-3-13(11-15)20(22,23)24/h1,3-4,6-9,11,16H,2,5,10H2,(H,25,29). The maximum atomic E-state index is 12.9. The minimum absolute atomic E-state index is 0.0628. The van der Waals surface area contributed by atoms with Crippen LogP contribution < -0.4 is 5.32 Å². The van der Waals surface area contributed by atoms with E-state index in [2.05, 4.69) is 15.5 Å². The summed E-state index contributed by atoms with van der Waals surface area (Å²) in [5.74, 6) is 0.642. The van der Waals surface area contributed by atoms with Crippen LogP contribution in [0.15, 0.2) is 53.1 Å². The quantitative estimate of drug-likeness (QED) is 0.565. The Bertz CT molecular complexity index is 1050. The highest BCUT2D eigenvalue weighted by molar-refractivity contribution is 6.30. The first kappa shape index (κ1) is 20.2. The number of nitrogens with zero attached hydrogens (tertiary/aromatic N) is 3. The number of likely N-dealkylation sites (tertiary alicyclic amines) is 1. The van der Waals surface area contributed by atoms with E-state index in [0.29, 0.717) is 35.8 Å². The summed E-state index contributed by atoms with van der Waals surface area (Å²) >= 11 is 5.89. The number of halogens is 4. The third-order valence-electron chi connectivity index (χ3n) is 4.78. The van der Waals surface area contributed by atoms with Crippen LogP contribution in [0.2, 0.25) is 5.02 Å². The molecule has 1 saturated heterocycles. The molecule has 2 amide bonds. The van der Waals surface area contributed by atoms with Gasteiger partial charge >= 0.3 is 12.2 Å². The second-order valence-electron chi connectivity index (χ2n) is 6.82. The monoisotopic (exact) mass is 436 g/mol. The van der Waals surface area contributed by atoms with Gasteiger partial charge in [0.15, 0.2) is 0 Å². The van der Waals surface area contributed by atoms with Gasteiger partial charge in [0.25, 0.3) is 0 Å². The molecule has 6 nitrogen and oxygen atoms in total. The van der Waals surface area contributed by atoms with Gasteiger partial charge in [-0.3, -0.25) is 0 Å². The van der Waals surface area contributed by atoms with E-state index in [1.165, 1.54) is 17.0 Å². The molecule has 30 heavy (non-hydrogen) atoms. The van der Waals surface area contributed by atoms with Gasteiger partial charge in [-0.15, -0.1) is 0 Å². The Labute approximate surface area is 174 Å². The lowest BCUT2D eigenvalue weighted by Crippen LogP contribution is -2.34. The van der Waals surface area contributed by atoms with Crippen LogP contribution in [0.4, 0.5) is 23.7 Å². The number of carbonyl (C=O) groups excluding carboxylic acids is 1. The molecule has 4 rings (SSSR count). The molecule has 2 aromatic carbocycles. The Morgan fingerprint density at radius 3 is 2.70 bits per heavy atom. The topological polar surface area (TPSA) is 71.3 Å². The number of alkyl halides is 3. The molecule has 1 atom stereocenters. The van der Waals surface area contributed by atoms with Gasteiger partial charge in [0.2, 0.25) is 11.7 Å². The number of anilines is 1. The molecule has 156 valence electrons. The summed E-state index contributed by atoms with van der Waals surface area (Å²) in [6.45, 7) is 0.425. The molecule has 1 fully saturated rings. The number of rotatable bonds is 3. The summed E-state index contributed by atoms with van der Waals surface area (Å²) in [6.07, 6.45) is -3.17. The molecule has 0 spiro atoms. The van der Waals surface area contributed by atoms with Gasteiger partial charge in [-0.05, 0) is 55.3 Å². The maximum Gasteiger partial charge on any atom is 0.416 e. The molecular weight excluding hydrogens is 421 g/mol. The predicted molar refractivity (Wildman–Crippen MR) is 104 cm³/mol. The number of urea groups is 1. The molecular formula is C20H16ClF3N4O2. The maximum absolute atomic E-state index is 12.9. The van der Waals surface area contributed by atoms with E-state index in [0.717, 1.165) is 12.1 Å². The average molecular weight is 437 g/mol. The minimum Gasteiger partial charge on any atom is -0.337 e. The van der Waals surface area contributed by atoms with Crippen LogP contribution in [0.25, 0.3) is 11.4 Å². The van der Waals surface area contributed by atoms with Crippen LogP contribution in [0.1, 0.15) is 30.3 Å². The Morgan fingerprint density at radius 1 is 1.20 bits per heavy atom. The van der Waals surface area contributed by atoms with Gasteiger partial charge in [0.05, 0.1) is 5.56 Å². The second-order valence-corrected chi connectivity index (χ2v) is 7.26. The van der Waals surface area contributed by atoms with Crippen molar-refractivity contribution in [1.82, 2.24) is 15.0 Å². The first-order chi connectivity index (χ1) is 14.3. The van der Waals surface area contributed by atoms with Crippen molar-refractivity contribution in [2.75, 3.05) is 11.9 Å². The van der Waals surface area contributed by atoms with Crippen molar-refractivity contribution < 1.29 is 22.5 Å². The largest absolute Gasteiger partial charge is 0.416 e. The smallest absolute Gasteiger partial charge is 0.337 e. The summed E-state index contributed by atoms with van der Waals surface area (Å²) in [5.41, 5.74) is -0.0528. The normalized spacial score (nSPS) is 16.7. The van der Waals surface area contributed by atoms with Gasteiger partial charge in [-0.2, -0.15) is 18.2 Å². The molecule has 2 heterocycles. The number of benzene rings is 2. The number of carbonyl (C=O) groups is 1. The summed E-state index contributed by atoms with van der Waals surface area (Å²) < 4.78 is 44.1. The van der Waals surface area contributed by atoms with Gasteiger partial charge in [0, 0.05) is 22.8 Å². The lowest BCUT2D eigenvalue weighted by Gasteiger charge is -2.22. The first-order valence-electron chi connectivity index (χ1n) is 9.16. The molecule has 1 aromatic heterocycles. The van der Waals surface area contributed by atoms with Crippen molar-refractivity contribution in [3.05, 3.63) is 65.0 Å². The zero-order valence-electron chi connectivity index (χ0n) is 15.5. The van der Waals surface area contributed by atoms with Crippen LogP contribution in [0, 0.1) is 0 Å². The lowest BCUT2D eigenvalue weighted by atomic mass is 10.2. The number of aromatic nitrogens is 2. The van der Waals surface area contributed by atoms with Crippen molar-refractivity contribution in [1.29, 1.82) is 0 Å². The third kappa shape index (κ3) is 4.25. The van der Waals surface area contributed by atoms with E-state index < -0.39 is 23.8 Å². The molecule has 0 saturated carbocycles. The van der Waals surface area contributed by atoms with Crippen molar-refractivity contribution in [3.63, 3.8) is 0 Å². The van der Waals surface area contributed by atoms with Gasteiger partial charge in [-0.25, -0.2) is 4.79 Å². The SMILES string of the molecule is O=C(Nc1cccc(C(F)(F)F)c1)N1CCCC1c1nc(-c2ccc(Cl)cc2)no1.